The van der Waals surface area contributed by atoms with Gasteiger partial charge in [0, 0.05) is 26.6 Å². The number of piperazine rings is 1. The molecular formula is C17H21N5O4S. The van der Waals surface area contributed by atoms with E-state index in [1.807, 2.05) is 18.2 Å². The van der Waals surface area contributed by atoms with Crippen molar-refractivity contribution in [2.45, 2.75) is 6.42 Å². The van der Waals surface area contributed by atoms with Crippen molar-refractivity contribution >= 4 is 28.4 Å². The quantitative estimate of drug-likeness (QED) is 0.829. The van der Waals surface area contributed by atoms with Crippen molar-refractivity contribution in [3.8, 4) is 11.5 Å². The fourth-order valence-corrected chi connectivity index (χ4v) is 3.41. The first kappa shape index (κ1) is 18.9. The molecule has 2 heterocycles. The summed E-state index contributed by atoms with van der Waals surface area (Å²) in [7, 11) is 4.90. The molecule has 0 saturated carbocycles. The minimum Gasteiger partial charge on any atom is -0.493 e. The Kier molecular flexibility index (Phi) is 5.75. The summed E-state index contributed by atoms with van der Waals surface area (Å²) in [5.74, 6) is 1.23. The molecule has 1 saturated heterocycles. The van der Waals surface area contributed by atoms with Gasteiger partial charge in [0.2, 0.25) is 11.0 Å². The second-order valence-electron chi connectivity index (χ2n) is 6.03. The predicted octanol–water partition coefficient (Wildman–Crippen LogP) is 1.45. The minimum atomic E-state index is -0.342. The van der Waals surface area contributed by atoms with Crippen molar-refractivity contribution in [1.29, 1.82) is 0 Å². The van der Waals surface area contributed by atoms with Crippen molar-refractivity contribution in [3.63, 3.8) is 0 Å². The molecule has 0 radical (unpaired) electrons. The number of anilines is 1. The number of nitrogens with one attached hydrogen (secondary N) is 1. The van der Waals surface area contributed by atoms with E-state index in [-0.39, 0.29) is 18.5 Å². The number of carbonyl (C=O) groups is 2. The summed E-state index contributed by atoms with van der Waals surface area (Å²) in [6, 6.07) is 5.30. The molecule has 2 aromatic rings. The molecule has 27 heavy (non-hydrogen) atoms. The molecule has 1 aliphatic rings. The Morgan fingerprint density at radius 2 is 2.00 bits per heavy atom. The van der Waals surface area contributed by atoms with Crippen LogP contribution in [0.3, 0.4) is 0 Å². The van der Waals surface area contributed by atoms with Gasteiger partial charge in [-0.3, -0.25) is 10.1 Å². The molecule has 1 aromatic heterocycles. The molecule has 0 bridgehead atoms. The van der Waals surface area contributed by atoms with Gasteiger partial charge < -0.3 is 19.3 Å². The van der Waals surface area contributed by atoms with Crippen LogP contribution in [0.4, 0.5) is 9.93 Å². The summed E-state index contributed by atoms with van der Waals surface area (Å²) in [6.45, 7) is 1.08. The van der Waals surface area contributed by atoms with E-state index in [4.69, 9.17) is 9.47 Å². The molecule has 0 atom stereocenters. The largest absolute Gasteiger partial charge is 0.493 e. The molecule has 0 aliphatic carbocycles. The smallest absolute Gasteiger partial charge is 0.324 e. The van der Waals surface area contributed by atoms with Crippen LogP contribution >= 0.6 is 11.3 Å². The first-order valence-electron chi connectivity index (χ1n) is 8.33. The van der Waals surface area contributed by atoms with E-state index in [0.29, 0.717) is 36.1 Å². The van der Waals surface area contributed by atoms with Crippen molar-refractivity contribution in [3.05, 3.63) is 28.8 Å². The molecule has 1 fully saturated rings. The lowest BCUT2D eigenvalue weighted by Crippen LogP contribution is -2.51. The number of hydrogen-bond acceptors (Lipinski definition) is 7. The zero-order valence-corrected chi connectivity index (χ0v) is 16.2. The highest BCUT2D eigenvalue weighted by molar-refractivity contribution is 7.15. The summed E-state index contributed by atoms with van der Waals surface area (Å²) in [5.41, 5.74) is 0.992. The van der Waals surface area contributed by atoms with Crippen LogP contribution in [-0.2, 0) is 11.2 Å². The molecule has 1 N–H and O–H groups in total. The van der Waals surface area contributed by atoms with Gasteiger partial charge in [-0.25, -0.2) is 4.79 Å². The van der Waals surface area contributed by atoms with Crippen LogP contribution in [0.5, 0.6) is 11.5 Å². The Labute approximate surface area is 160 Å². The molecular weight excluding hydrogens is 370 g/mol. The Balaban J connectivity index is 1.61. The number of likely N-dealkylation sites (N-methyl/N-ethyl adjacent to an activating group) is 1. The van der Waals surface area contributed by atoms with E-state index < -0.39 is 0 Å². The highest BCUT2D eigenvalue weighted by Gasteiger charge is 2.25. The van der Waals surface area contributed by atoms with Crippen LogP contribution in [0.15, 0.2) is 18.2 Å². The first-order valence-corrected chi connectivity index (χ1v) is 9.15. The second-order valence-corrected chi connectivity index (χ2v) is 7.10. The number of benzene rings is 1. The Morgan fingerprint density at radius 3 is 2.70 bits per heavy atom. The lowest BCUT2D eigenvalue weighted by molar-refractivity contribution is -0.133. The minimum absolute atomic E-state index is 0.0691. The van der Waals surface area contributed by atoms with Crippen LogP contribution in [-0.4, -0.2) is 72.8 Å². The van der Waals surface area contributed by atoms with Crippen LogP contribution in [0, 0.1) is 0 Å². The van der Waals surface area contributed by atoms with Crippen molar-refractivity contribution in [2.24, 2.45) is 0 Å². The maximum atomic E-state index is 12.3. The van der Waals surface area contributed by atoms with Gasteiger partial charge in [0.15, 0.2) is 11.5 Å². The molecule has 1 aliphatic heterocycles. The maximum Gasteiger partial charge on any atom is 0.324 e. The van der Waals surface area contributed by atoms with E-state index in [1.165, 1.54) is 16.2 Å². The third-order valence-electron chi connectivity index (χ3n) is 4.23. The van der Waals surface area contributed by atoms with Crippen molar-refractivity contribution < 1.29 is 19.1 Å². The zero-order chi connectivity index (χ0) is 19.4. The van der Waals surface area contributed by atoms with E-state index in [9.17, 15) is 9.59 Å². The fraction of sp³-hybridized carbons (Fsp3) is 0.412. The number of amides is 3. The van der Waals surface area contributed by atoms with Gasteiger partial charge in [0.1, 0.15) is 11.6 Å². The molecule has 0 unspecified atom stereocenters. The van der Waals surface area contributed by atoms with Gasteiger partial charge in [-0.05, 0) is 17.7 Å². The molecule has 9 nitrogen and oxygen atoms in total. The van der Waals surface area contributed by atoms with E-state index in [0.717, 1.165) is 10.6 Å². The summed E-state index contributed by atoms with van der Waals surface area (Å²) >= 11 is 1.30. The van der Waals surface area contributed by atoms with E-state index in [1.54, 1.807) is 26.2 Å². The average molecular weight is 391 g/mol. The Hall–Kier alpha value is -2.88. The number of nitrogens with zero attached hydrogens (tertiary/aromatic N) is 4. The van der Waals surface area contributed by atoms with Gasteiger partial charge in [-0.15, -0.1) is 10.2 Å². The number of methoxy groups -OCH3 is 2. The molecule has 144 valence electrons. The lowest BCUT2D eigenvalue weighted by Gasteiger charge is -2.31. The third kappa shape index (κ3) is 4.45. The number of hydrogen-bond donors (Lipinski definition) is 1. The summed E-state index contributed by atoms with van der Waals surface area (Å²) in [6.07, 6.45) is 0.556. The monoisotopic (exact) mass is 391 g/mol. The van der Waals surface area contributed by atoms with Crippen LogP contribution in [0.2, 0.25) is 0 Å². The molecule has 3 amide bonds. The SMILES string of the molecule is COc1ccc(Cc2nnc(NC(=O)N3CCN(C)C(=O)C3)s2)cc1OC. The van der Waals surface area contributed by atoms with Crippen LogP contribution in [0.25, 0.3) is 0 Å². The summed E-state index contributed by atoms with van der Waals surface area (Å²) < 4.78 is 10.5. The number of carbonyl (C=O) groups excluding carboxylic acids is 2. The maximum absolute atomic E-state index is 12.3. The fourth-order valence-electron chi connectivity index (χ4n) is 2.64. The van der Waals surface area contributed by atoms with Crippen LogP contribution in [0.1, 0.15) is 10.6 Å². The molecule has 3 rings (SSSR count). The average Bonchev–Trinajstić information content (AvgIpc) is 3.10. The first-order chi connectivity index (χ1) is 13.0. The summed E-state index contributed by atoms with van der Waals surface area (Å²) in [5, 5.41) is 12.0. The molecule has 0 spiro atoms. The standard InChI is InChI=1S/C17H21N5O4S/c1-21-6-7-22(10-15(21)23)17(24)18-16-20-19-14(27-16)9-11-4-5-12(25-2)13(8-11)26-3/h4-5,8H,6-7,9-10H2,1-3H3,(H,18,20,24). The third-order valence-corrected chi connectivity index (χ3v) is 5.07. The van der Waals surface area contributed by atoms with Gasteiger partial charge in [0.05, 0.1) is 14.2 Å². The normalized spacial score (nSPS) is 14.3. The topological polar surface area (TPSA) is 96.9 Å². The highest BCUT2D eigenvalue weighted by atomic mass is 32.1. The van der Waals surface area contributed by atoms with Gasteiger partial charge in [-0.2, -0.15) is 0 Å². The van der Waals surface area contributed by atoms with E-state index >= 15 is 0 Å². The highest BCUT2D eigenvalue weighted by Crippen LogP contribution is 2.29. The predicted molar refractivity (Wildman–Crippen MR) is 100 cm³/mol. The Bertz CT molecular complexity index is 840. The number of ether oxygens (including phenoxy) is 2. The molecule has 10 heteroatoms. The second kappa shape index (κ2) is 8.21. The molecule has 1 aromatic carbocycles. The van der Waals surface area contributed by atoms with Gasteiger partial charge >= 0.3 is 6.03 Å². The van der Waals surface area contributed by atoms with Gasteiger partial charge in [-0.1, -0.05) is 17.4 Å². The number of rotatable bonds is 5. The lowest BCUT2D eigenvalue weighted by atomic mass is 10.1. The number of aromatic nitrogens is 2. The number of urea groups is 1. The van der Waals surface area contributed by atoms with Crippen molar-refractivity contribution in [1.82, 2.24) is 20.0 Å². The van der Waals surface area contributed by atoms with Crippen molar-refractivity contribution in [2.75, 3.05) is 46.2 Å². The summed E-state index contributed by atoms with van der Waals surface area (Å²) in [4.78, 5) is 27.1. The van der Waals surface area contributed by atoms with E-state index in [2.05, 4.69) is 15.5 Å². The van der Waals surface area contributed by atoms with Gasteiger partial charge in [0.25, 0.3) is 0 Å². The Morgan fingerprint density at radius 1 is 1.22 bits per heavy atom. The van der Waals surface area contributed by atoms with Crippen LogP contribution < -0.4 is 14.8 Å². The zero-order valence-electron chi connectivity index (χ0n) is 15.4.